The summed E-state index contributed by atoms with van der Waals surface area (Å²) in [7, 11) is 0. The Morgan fingerprint density at radius 2 is 2.11 bits per heavy atom. The SMILES string of the molecule is CC(C)[C@@H](N)C(=O)Nc1cc([N+](=O)[O-])ccc1O. The predicted octanol–water partition coefficient (Wildman–Crippen LogP) is 1.22. The number of non-ortho nitro benzene ring substituents is 1. The van der Waals surface area contributed by atoms with E-state index in [0.29, 0.717) is 0 Å². The minimum Gasteiger partial charge on any atom is -0.506 e. The standard InChI is InChI=1S/C11H15N3O4/c1-6(2)10(12)11(16)13-8-5-7(14(17)18)3-4-9(8)15/h3-6,10,15H,12H2,1-2H3,(H,13,16)/t10-/m1/s1. The lowest BCUT2D eigenvalue weighted by atomic mass is 10.0. The van der Waals surface area contributed by atoms with Crippen molar-refractivity contribution in [3.63, 3.8) is 0 Å². The van der Waals surface area contributed by atoms with Gasteiger partial charge >= 0.3 is 0 Å². The number of benzene rings is 1. The van der Waals surface area contributed by atoms with Gasteiger partial charge in [-0.1, -0.05) is 13.8 Å². The molecule has 1 amide bonds. The molecular formula is C11H15N3O4. The van der Waals surface area contributed by atoms with Crippen molar-refractivity contribution < 1.29 is 14.8 Å². The highest BCUT2D eigenvalue weighted by Gasteiger charge is 2.19. The van der Waals surface area contributed by atoms with Gasteiger partial charge in [-0.15, -0.1) is 0 Å². The van der Waals surface area contributed by atoms with E-state index in [1.165, 1.54) is 0 Å². The van der Waals surface area contributed by atoms with Gasteiger partial charge in [0.25, 0.3) is 5.69 Å². The molecule has 4 N–H and O–H groups in total. The topological polar surface area (TPSA) is 118 Å². The Morgan fingerprint density at radius 3 is 2.61 bits per heavy atom. The van der Waals surface area contributed by atoms with E-state index in [-0.39, 0.29) is 23.0 Å². The van der Waals surface area contributed by atoms with Crippen molar-refractivity contribution in [2.45, 2.75) is 19.9 Å². The number of nitro benzene ring substituents is 1. The Bertz CT molecular complexity index is 473. The molecule has 7 heteroatoms. The zero-order chi connectivity index (χ0) is 13.9. The number of amides is 1. The minimum absolute atomic E-state index is 0.0229. The molecule has 1 aromatic rings. The Labute approximate surface area is 104 Å². The van der Waals surface area contributed by atoms with Gasteiger partial charge in [0.1, 0.15) is 5.75 Å². The lowest BCUT2D eigenvalue weighted by Gasteiger charge is -2.15. The van der Waals surface area contributed by atoms with Crippen LogP contribution in [0, 0.1) is 16.0 Å². The van der Waals surface area contributed by atoms with Crippen LogP contribution in [0.5, 0.6) is 5.75 Å². The van der Waals surface area contributed by atoms with Crippen molar-refractivity contribution in [3.05, 3.63) is 28.3 Å². The van der Waals surface area contributed by atoms with Gasteiger partial charge in [-0.25, -0.2) is 0 Å². The molecule has 1 aromatic carbocycles. The van der Waals surface area contributed by atoms with Gasteiger partial charge < -0.3 is 16.2 Å². The zero-order valence-corrected chi connectivity index (χ0v) is 10.1. The third-order valence-corrected chi connectivity index (χ3v) is 2.47. The molecule has 0 saturated carbocycles. The summed E-state index contributed by atoms with van der Waals surface area (Å²) in [6.07, 6.45) is 0. The van der Waals surface area contributed by atoms with E-state index >= 15 is 0 Å². The second-order valence-corrected chi connectivity index (χ2v) is 4.22. The van der Waals surface area contributed by atoms with Crippen LogP contribution in [-0.2, 0) is 4.79 Å². The van der Waals surface area contributed by atoms with Gasteiger partial charge in [0.2, 0.25) is 5.91 Å². The molecule has 0 aromatic heterocycles. The average molecular weight is 253 g/mol. The second kappa shape index (κ2) is 5.46. The first-order valence-electron chi connectivity index (χ1n) is 5.36. The summed E-state index contributed by atoms with van der Waals surface area (Å²) in [5.41, 5.74) is 5.38. The van der Waals surface area contributed by atoms with Crippen LogP contribution < -0.4 is 11.1 Å². The van der Waals surface area contributed by atoms with Crippen molar-refractivity contribution in [2.75, 3.05) is 5.32 Å². The maximum Gasteiger partial charge on any atom is 0.271 e. The maximum absolute atomic E-state index is 11.7. The largest absolute Gasteiger partial charge is 0.506 e. The number of nitro groups is 1. The number of carbonyl (C=O) groups excluding carboxylic acids is 1. The fourth-order valence-electron chi connectivity index (χ4n) is 1.26. The molecule has 0 spiro atoms. The molecule has 7 nitrogen and oxygen atoms in total. The molecule has 18 heavy (non-hydrogen) atoms. The number of nitrogens with zero attached hydrogens (tertiary/aromatic N) is 1. The number of hydrogen-bond acceptors (Lipinski definition) is 5. The van der Waals surface area contributed by atoms with Crippen LogP contribution in [-0.4, -0.2) is 22.0 Å². The number of aromatic hydroxyl groups is 1. The smallest absolute Gasteiger partial charge is 0.271 e. The van der Waals surface area contributed by atoms with Crippen LogP contribution in [0.2, 0.25) is 0 Å². The van der Waals surface area contributed by atoms with Crippen LogP contribution in [0.15, 0.2) is 18.2 Å². The van der Waals surface area contributed by atoms with Crippen molar-refractivity contribution >= 4 is 17.3 Å². The monoisotopic (exact) mass is 253 g/mol. The first-order chi connectivity index (χ1) is 8.32. The van der Waals surface area contributed by atoms with E-state index in [4.69, 9.17) is 5.73 Å². The number of nitrogens with one attached hydrogen (secondary N) is 1. The zero-order valence-electron chi connectivity index (χ0n) is 10.1. The fraction of sp³-hybridized carbons (Fsp3) is 0.364. The highest BCUT2D eigenvalue weighted by molar-refractivity contribution is 5.96. The van der Waals surface area contributed by atoms with E-state index in [0.717, 1.165) is 18.2 Å². The molecule has 0 heterocycles. The Balaban J connectivity index is 2.93. The van der Waals surface area contributed by atoms with E-state index in [9.17, 15) is 20.0 Å². The second-order valence-electron chi connectivity index (χ2n) is 4.22. The Hall–Kier alpha value is -2.15. The number of anilines is 1. The summed E-state index contributed by atoms with van der Waals surface area (Å²) >= 11 is 0. The predicted molar refractivity (Wildman–Crippen MR) is 66.2 cm³/mol. The van der Waals surface area contributed by atoms with E-state index in [2.05, 4.69) is 5.32 Å². The van der Waals surface area contributed by atoms with Gasteiger partial charge in [-0.2, -0.15) is 0 Å². The maximum atomic E-state index is 11.7. The van der Waals surface area contributed by atoms with E-state index in [1.807, 2.05) is 0 Å². The van der Waals surface area contributed by atoms with Gasteiger partial charge in [0.05, 0.1) is 16.7 Å². The van der Waals surface area contributed by atoms with E-state index < -0.39 is 16.9 Å². The quantitative estimate of drug-likeness (QED) is 0.423. The van der Waals surface area contributed by atoms with Crippen LogP contribution in [0.1, 0.15) is 13.8 Å². The lowest BCUT2D eigenvalue weighted by Crippen LogP contribution is -2.39. The number of carbonyl (C=O) groups is 1. The van der Waals surface area contributed by atoms with Crippen molar-refractivity contribution in [2.24, 2.45) is 11.7 Å². The number of phenolic OH excluding ortho intramolecular Hbond substituents is 1. The summed E-state index contributed by atoms with van der Waals surface area (Å²) in [5.74, 6) is -0.823. The third kappa shape index (κ3) is 3.17. The molecule has 0 aliphatic carbocycles. The molecule has 0 aliphatic rings. The number of nitrogens with two attached hydrogens (primary N) is 1. The molecule has 0 bridgehead atoms. The molecule has 98 valence electrons. The number of hydrogen-bond donors (Lipinski definition) is 3. The van der Waals surface area contributed by atoms with Gasteiger partial charge in [0, 0.05) is 12.1 Å². The van der Waals surface area contributed by atoms with E-state index in [1.54, 1.807) is 13.8 Å². The minimum atomic E-state index is -0.747. The number of phenols is 1. The fourth-order valence-corrected chi connectivity index (χ4v) is 1.26. The Kier molecular flexibility index (Phi) is 4.22. The first-order valence-corrected chi connectivity index (χ1v) is 5.36. The summed E-state index contributed by atoms with van der Waals surface area (Å²) < 4.78 is 0. The molecule has 0 radical (unpaired) electrons. The molecule has 0 saturated heterocycles. The summed E-state index contributed by atoms with van der Waals surface area (Å²) in [5, 5.41) is 22.5. The Morgan fingerprint density at radius 1 is 1.50 bits per heavy atom. The molecule has 0 fully saturated rings. The summed E-state index contributed by atoms with van der Waals surface area (Å²) in [4.78, 5) is 21.6. The molecule has 0 aliphatic heterocycles. The summed E-state index contributed by atoms with van der Waals surface area (Å²) in [6, 6.07) is 2.63. The third-order valence-electron chi connectivity index (χ3n) is 2.47. The van der Waals surface area contributed by atoms with Crippen LogP contribution in [0.25, 0.3) is 0 Å². The highest BCUT2D eigenvalue weighted by atomic mass is 16.6. The van der Waals surface area contributed by atoms with Gasteiger partial charge in [-0.3, -0.25) is 14.9 Å². The molecular weight excluding hydrogens is 238 g/mol. The molecule has 1 atom stereocenters. The van der Waals surface area contributed by atoms with Crippen LogP contribution >= 0.6 is 0 Å². The average Bonchev–Trinajstić information content (AvgIpc) is 2.30. The van der Waals surface area contributed by atoms with Gasteiger partial charge in [-0.05, 0) is 12.0 Å². The van der Waals surface area contributed by atoms with Crippen molar-refractivity contribution in [1.29, 1.82) is 0 Å². The van der Waals surface area contributed by atoms with Crippen molar-refractivity contribution in [1.82, 2.24) is 0 Å². The van der Waals surface area contributed by atoms with Gasteiger partial charge in [0.15, 0.2) is 0 Å². The number of rotatable bonds is 4. The van der Waals surface area contributed by atoms with Crippen LogP contribution in [0.3, 0.4) is 0 Å². The molecule has 1 rings (SSSR count). The lowest BCUT2D eigenvalue weighted by molar-refractivity contribution is -0.384. The molecule has 0 unspecified atom stereocenters. The van der Waals surface area contributed by atoms with Crippen molar-refractivity contribution in [3.8, 4) is 5.75 Å². The van der Waals surface area contributed by atoms with Crippen LogP contribution in [0.4, 0.5) is 11.4 Å². The highest BCUT2D eigenvalue weighted by Crippen LogP contribution is 2.27. The normalized spacial score (nSPS) is 12.2. The first kappa shape index (κ1) is 13.9. The summed E-state index contributed by atoms with van der Waals surface area (Å²) in [6.45, 7) is 3.55.